The van der Waals surface area contributed by atoms with Gasteiger partial charge in [0.15, 0.2) is 10.8 Å². The van der Waals surface area contributed by atoms with E-state index in [0.29, 0.717) is 9.83 Å². The molecule has 1 N–H and O–H groups in total. The van der Waals surface area contributed by atoms with Crippen molar-refractivity contribution < 1.29 is 14.3 Å². The highest BCUT2D eigenvalue weighted by molar-refractivity contribution is 7.22. The van der Waals surface area contributed by atoms with Gasteiger partial charge >= 0.3 is 11.7 Å². The zero-order valence-corrected chi connectivity index (χ0v) is 20.3. The standard InChI is InChI=1S/C24H27N5O5S/c1-3-12-28-21(31)19-20(26-23(35-19)27-13-8-5-9-14-27)29(24(28)33)15-18(30)25-17-11-7-6-10-16(17)22(32)34-4-2/h3,6-7,10-11H,1,4-5,8-9,12-15H2,2H3,(H,25,30). The minimum Gasteiger partial charge on any atom is -0.462 e. The van der Waals surface area contributed by atoms with Crippen LogP contribution in [-0.2, 0) is 22.6 Å². The first kappa shape index (κ1) is 24.4. The molecule has 1 saturated heterocycles. The monoisotopic (exact) mass is 497 g/mol. The molecule has 10 nitrogen and oxygen atoms in total. The minimum atomic E-state index is -0.647. The second-order valence-corrected chi connectivity index (χ2v) is 9.06. The summed E-state index contributed by atoms with van der Waals surface area (Å²) in [5.74, 6) is -1.10. The quantitative estimate of drug-likeness (QED) is 0.376. The van der Waals surface area contributed by atoms with Crippen molar-refractivity contribution in [3.63, 3.8) is 0 Å². The molecular weight excluding hydrogens is 470 g/mol. The second kappa shape index (κ2) is 10.7. The van der Waals surface area contributed by atoms with E-state index >= 15 is 0 Å². The smallest absolute Gasteiger partial charge is 0.340 e. The van der Waals surface area contributed by atoms with Gasteiger partial charge in [-0.15, -0.1) is 6.58 Å². The fraction of sp³-hybridized carbons (Fsp3) is 0.375. The molecular formula is C24H27N5O5S. The summed E-state index contributed by atoms with van der Waals surface area (Å²) in [7, 11) is 0. The molecule has 3 heterocycles. The summed E-state index contributed by atoms with van der Waals surface area (Å²) in [6, 6.07) is 6.48. The van der Waals surface area contributed by atoms with Crippen molar-refractivity contribution >= 4 is 44.4 Å². The predicted octanol–water partition coefficient (Wildman–Crippen LogP) is 2.61. The van der Waals surface area contributed by atoms with Gasteiger partial charge in [0.1, 0.15) is 11.2 Å². The van der Waals surface area contributed by atoms with Gasteiger partial charge in [0.25, 0.3) is 5.56 Å². The Labute approximate surface area is 205 Å². The van der Waals surface area contributed by atoms with E-state index in [1.807, 2.05) is 0 Å². The highest BCUT2D eigenvalue weighted by atomic mass is 32.1. The number of hydrogen-bond donors (Lipinski definition) is 1. The van der Waals surface area contributed by atoms with Gasteiger partial charge in [-0.25, -0.2) is 14.6 Å². The van der Waals surface area contributed by atoms with Crippen molar-refractivity contribution in [2.45, 2.75) is 39.3 Å². The first-order valence-corrected chi connectivity index (χ1v) is 12.3. The Hall–Kier alpha value is -3.73. The van der Waals surface area contributed by atoms with Crippen LogP contribution in [0.5, 0.6) is 0 Å². The molecule has 11 heteroatoms. The van der Waals surface area contributed by atoms with Gasteiger partial charge in [0.2, 0.25) is 5.91 Å². The average Bonchev–Trinajstić information content (AvgIpc) is 3.31. The molecule has 35 heavy (non-hydrogen) atoms. The maximum absolute atomic E-state index is 13.2. The molecule has 0 unspecified atom stereocenters. The number of allylic oxidation sites excluding steroid dienone is 1. The third kappa shape index (κ3) is 5.04. The molecule has 0 atom stereocenters. The predicted molar refractivity (Wildman–Crippen MR) is 135 cm³/mol. The summed E-state index contributed by atoms with van der Waals surface area (Å²) in [4.78, 5) is 58.2. The van der Waals surface area contributed by atoms with Crippen LogP contribution in [0.4, 0.5) is 10.8 Å². The summed E-state index contributed by atoms with van der Waals surface area (Å²) in [6.45, 7) is 6.81. The fourth-order valence-electron chi connectivity index (χ4n) is 4.03. The number of fused-ring (bicyclic) bond motifs is 1. The molecule has 2 aromatic heterocycles. The van der Waals surface area contributed by atoms with Crippen LogP contribution in [0.3, 0.4) is 0 Å². The van der Waals surface area contributed by atoms with E-state index in [1.54, 1.807) is 31.2 Å². The molecule has 0 saturated carbocycles. The summed E-state index contributed by atoms with van der Waals surface area (Å²) >= 11 is 1.23. The highest BCUT2D eigenvalue weighted by Gasteiger charge is 2.23. The number of carbonyl (C=O) groups is 2. The Balaban J connectivity index is 1.72. The molecule has 0 spiro atoms. The molecule has 1 fully saturated rings. The lowest BCUT2D eigenvalue weighted by Gasteiger charge is -2.25. The van der Waals surface area contributed by atoms with E-state index in [0.717, 1.165) is 36.9 Å². The van der Waals surface area contributed by atoms with Crippen molar-refractivity contribution in [2.24, 2.45) is 0 Å². The SMILES string of the molecule is C=CCn1c(=O)c2sc(N3CCCCC3)nc2n(CC(=O)Nc2ccccc2C(=O)OCC)c1=O. The fourth-order valence-corrected chi connectivity index (χ4v) is 5.11. The maximum Gasteiger partial charge on any atom is 0.340 e. The number of esters is 1. The average molecular weight is 498 g/mol. The molecule has 0 bridgehead atoms. The number of thiazole rings is 1. The van der Waals surface area contributed by atoms with Crippen molar-refractivity contribution in [2.75, 3.05) is 29.9 Å². The van der Waals surface area contributed by atoms with Crippen molar-refractivity contribution in [1.29, 1.82) is 0 Å². The van der Waals surface area contributed by atoms with Crippen molar-refractivity contribution in [3.05, 3.63) is 63.3 Å². The molecule has 1 amide bonds. The summed E-state index contributed by atoms with van der Waals surface area (Å²) in [5.41, 5.74) is -0.439. The van der Waals surface area contributed by atoms with Gasteiger partial charge in [0.05, 0.1) is 17.9 Å². The van der Waals surface area contributed by atoms with Crippen LogP contribution in [-0.4, -0.2) is 45.7 Å². The lowest BCUT2D eigenvalue weighted by atomic mass is 10.1. The number of aromatic nitrogens is 3. The van der Waals surface area contributed by atoms with Gasteiger partial charge in [0, 0.05) is 19.6 Å². The van der Waals surface area contributed by atoms with Crippen LogP contribution in [0, 0.1) is 0 Å². The van der Waals surface area contributed by atoms with E-state index in [-0.39, 0.29) is 36.6 Å². The van der Waals surface area contributed by atoms with Crippen LogP contribution >= 0.6 is 11.3 Å². The molecule has 184 valence electrons. The number of anilines is 2. The lowest BCUT2D eigenvalue weighted by molar-refractivity contribution is -0.116. The summed E-state index contributed by atoms with van der Waals surface area (Å²) in [5, 5.41) is 3.35. The number of ether oxygens (including phenoxy) is 1. The van der Waals surface area contributed by atoms with Crippen LogP contribution < -0.4 is 21.5 Å². The Morgan fingerprint density at radius 1 is 1.17 bits per heavy atom. The largest absolute Gasteiger partial charge is 0.462 e. The van der Waals surface area contributed by atoms with Crippen molar-refractivity contribution in [3.8, 4) is 0 Å². The van der Waals surface area contributed by atoms with Gasteiger partial charge in [-0.05, 0) is 38.3 Å². The van der Waals surface area contributed by atoms with Crippen LogP contribution in [0.25, 0.3) is 10.3 Å². The first-order valence-electron chi connectivity index (χ1n) is 11.5. The Kier molecular flexibility index (Phi) is 7.45. The molecule has 3 aromatic rings. The number of rotatable bonds is 8. The topological polar surface area (TPSA) is 116 Å². The number of hydrogen-bond acceptors (Lipinski definition) is 8. The van der Waals surface area contributed by atoms with E-state index in [9.17, 15) is 19.2 Å². The lowest BCUT2D eigenvalue weighted by Crippen LogP contribution is -2.41. The van der Waals surface area contributed by atoms with Crippen molar-refractivity contribution in [1.82, 2.24) is 14.1 Å². The summed E-state index contributed by atoms with van der Waals surface area (Å²) < 4.78 is 7.62. The van der Waals surface area contributed by atoms with Gasteiger partial charge in [-0.1, -0.05) is 29.5 Å². The molecule has 1 aliphatic rings. The number of amides is 1. The number of piperidine rings is 1. The Bertz CT molecular complexity index is 1380. The number of nitrogens with zero attached hydrogens (tertiary/aromatic N) is 4. The number of para-hydroxylation sites is 1. The molecule has 0 aliphatic carbocycles. The van der Waals surface area contributed by atoms with E-state index in [1.165, 1.54) is 22.0 Å². The van der Waals surface area contributed by atoms with Crippen LogP contribution in [0.1, 0.15) is 36.5 Å². The van der Waals surface area contributed by atoms with Gasteiger partial charge in [-0.2, -0.15) is 0 Å². The third-order valence-electron chi connectivity index (χ3n) is 5.69. The molecule has 1 aliphatic heterocycles. The minimum absolute atomic E-state index is 0.0118. The zero-order chi connectivity index (χ0) is 24.9. The van der Waals surface area contributed by atoms with E-state index < -0.39 is 23.1 Å². The maximum atomic E-state index is 13.2. The van der Waals surface area contributed by atoms with Gasteiger partial charge < -0.3 is 15.0 Å². The molecule has 0 radical (unpaired) electrons. The van der Waals surface area contributed by atoms with Crippen LogP contribution in [0.2, 0.25) is 0 Å². The Morgan fingerprint density at radius 3 is 2.63 bits per heavy atom. The number of benzene rings is 1. The van der Waals surface area contributed by atoms with E-state index in [2.05, 4.69) is 21.8 Å². The zero-order valence-electron chi connectivity index (χ0n) is 19.5. The second-order valence-electron chi connectivity index (χ2n) is 8.08. The number of carbonyl (C=O) groups excluding carboxylic acids is 2. The first-order chi connectivity index (χ1) is 16.9. The van der Waals surface area contributed by atoms with Gasteiger partial charge in [-0.3, -0.25) is 18.7 Å². The summed E-state index contributed by atoms with van der Waals surface area (Å²) in [6.07, 6.45) is 4.67. The number of nitrogens with one attached hydrogen (secondary N) is 1. The highest BCUT2D eigenvalue weighted by Crippen LogP contribution is 2.28. The molecule has 4 rings (SSSR count). The van der Waals surface area contributed by atoms with Crippen LogP contribution in [0.15, 0.2) is 46.5 Å². The normalized spacial score (nSPS) is 13.6. The third-order valence-corrected chi connectivity index (χ3v) is 6.78. The Morgan fingerprint density at radius 2 is 1.91 bits per heavy atom. The van der Waals surface area contributed by atoms with E-state index in [4.69, 9.17) is 4.74 Å². The molecule has 1 aromatic carbocycles.